The van der Waals surface area contributed by atoms with Gasteiger partial charge in [-0.2, -0.15) is 0 Å². The van der Waals surface area contributed by atoms with E-state index in [1.165, 1.54) is 11.3 Å². The summed E-state index contributed by atoms with van der Waals surface area (Å²) in [7, 11) is 1.64. The highest BCUT2D eigenvalue weighted by Crippen LogP contribution is 2.28. The number of hydrogen-bond donors (Lipinski definition) is 0. The van der Waals surface area contributed by atoms with Gasteiger partial charge in [0.05, 0.1) is 12.0 Å². The van der Waals surface area contributed by atoms with E-state index in [9.17, 15) is 9.59 Å². The maximum atomic E-state index is 12.5. The Balaban J connectivity index is 1.25. The van der Waals surface area contributed by atoms with Crippen LogP contribution in [0, 0.1) is 0 Å². The monoisotopic (exact) mass is 443 g/mol. The van der Waals surface area contributed by atoms with Gasteiger partial charge in [-0.25, -0.2) is 9.78 Å². The van der Waals surface area contributed by atoms with Crippen molar-refractivity contribution in [2.24, 2.45) is 0 Å². The molecule has 4 rings (SSSR count). The van der Waals surface area contributed by atoms with E-state index in [1.807, 2.05) is 41.8 Å². The number of nitrogens with zero attached hydrogens (tertiary/aromatic N) is 3. The van der Waals surface area contributed by atoms with Crippen molar-refractivity contribution < 1.29 is 19.1 Å². The normalized spacial score (nSPS) is 13.9. The van der Waals surface area contributed by atoms with Crippen LogP contribution in [0.2, 0.25) is 0 Å². The van der Waals surface area contributed by atoms with Crippen LogP contribution in [0.25, 0.3) is 9.88 Å². The second-order valence-electron chi connectivity index (χ2n) is 6.66. The van der Waals surface area contributed by atoms with Crippen molar-refractivity contribution in [1.82, 2.24) is 9.88 Å². The van der Waals surface area contributed by atoms with Crippen molar-refractivity contribution in [2.75, 3.05) is 44.8 Å². The Morgan fingerprint density at radius 2 is 1.83 bits per heavy atom. The molecule has 1 aromatic carbocycles. The number of methoxy groups -OCH3 is 1. The van der Waals surface area contributed by atoms with Gasteiger partial charge in [0.2, 0.25) is 0 Å². The van der Waals surface area contributed by atoms with Crippen LogP contribution in [0.4, 0.5) is 5.69 Å². The molecule has 0 aliphatic carbocycles. The van der Waals surface area contributed by atoms with E-state index in [1.54, 1.807) is 28.7 Å². The molecule has 0 bridgehead atoms. The standard InChI is InChI=1S/C21H21N3O4S2/c1-27-16-6-4-15(5-7-16)23-8-10-24(11-9-23)19(25)13-28-21(26)17-14-30-20(22-17)18-3-2-12-29-18/h2-7,12,14H,8-11,13H2,1H3. The van der Waals surface area contributed by atoms with Crippen molar-refractivity contribution >= 4 is 40.2 Å². The topological polar surface area (TPSA) is 72.0 Å². The number of carbonyl (C=O) groups excluding carboxylic acids is 2. The summed E-state index contributed by atoms with van der Waals surface area (Å²) < 4.78 is 10.4. The molecule has 0 unspecified atom stereocenters. The first-order valence-corrected chi connectivity index (χ1v) is 11.2. The Kier molecular flexibility index (Phi) is 6.29. The Bertz CT molecular complexity index is 994. The first-order valence-electron chi connectivity index (χ1n) is 9.47. The largest absolute Gasteiger partial charge is 0.497 e. The predicted octanol–water partition coefficient (Wildman–Crippen LogP) is 3.39. The van der Waals surface area contributed by atoms with Crippen LogP contribution in [0.1, 0.15) is 10.5 Å². The minimum atomic E-state index is -0.570. The SMILES string of the molecule is COc1ccc(N2CCN(C(=O)COC(=O)c3csc(-c4cccs4)n3)CC2)cc1. The van der Waals surface area contributed by atoms with Gasteiger partial charge >= 0.3 is 5.97 Å². The number of thiophene rings is 1. The van der Waals surface area contributed by atoms with Crippen molar-refractivity contribution in [3.8, 4) is 15.6 Å². The summed E-state index contributed by atoms with van der Waals surface area (Å²) in [6.45, 7) is 2.35. The third kappa shape index (κ3) is 4.63. The van der Waals surface area contributed by atoms with Crippen LogP contribution < -0.4 is 9.64 Å². The van der Waals surface area contributed by atoms with Crippen LogP contribution in [0.3, 0.4) is 0 Å². The minimum absolute atomic E-state index is 0.188. The number of thiazole rings is 1. The number of esters is 1. The maximum absolute atomic E-state index is 12.5. The molecule has 0 N–H and O–H groups in total. The summed E-state index contributed by atoms with van der Waals surface area (Å²) in [5.41, 5.74) is 1.33. The average Bonchev–Trinajstić information content (AvgIpc) is 3.49. The fourth-order valence-electron chi connectivity index (χ4n) is 3.18. The lowest BCUT2D eigenvalue weighted by molar-refractivity contribution is -0.134. The average molecular weight is 444 g/mol. The molecule has 1 amide bonds. The van der Waals surface area contributed by atoms with Crippen molar-refractivity contribution in [2.45, 2.75) is 0 Å². The highest BCUT2D eigenvalue weighted by Gasteiger charge is 2.23. The van der Waals surface area contributed by atoms with E-state index in [2.05, 4.69) is 9.88 Å². The molecular formula is C21H21N3O4S2. The van der Waals surface area contributed by atoms with Gasteiger partial charge in [0.15, 0.2) is 12.3 Å². The molecule has 1 aliphatic heterocycles. The molecule has 0 atom stereocenters. The zero-order valence-electron chi connectivity index (χ0n) is 16.4. The van der Waals surface area contributed by atoms with Gasteiger partial charge in [0.25, 0.3) is 5.91 Å². The molecule has 3 heterocycles. The fraction of sp³-hybridized carbons (Fsp3) is 0.286. The molecule has 1 saturated heterocycles. The molecule has 30 heavy (non-hydrogen) atoms. The molecule has 0 spiro atoms. The number of rotatable bonds is 6. The quantitative estimate of drug-likeness (QED) is 0.544. The van der Waals surface area contributed by atoms with E-state index in [0.29, 0.717) is 13.1 Å². The third-order valence-corrected chi connectivity index (χ3v) is 6.72. The summed E-state index contributed by atoms with van der Waals surface area (Å²) in [5.74, 6) is 0.0581. The van der Waals surface area contributed by atoms with Crippen LogP contribution in [-0.2, 0) is 9.53 Å². The summed E-state index contributed by atoms with van der Waals surface area (Å²) in [5, 5.41) is 4.40. The third-order valence-electron chi connectivity index (χ3n) is 4.84. The van der Waals surface area contributed by atoms with Gasteiger partial charge in [0, 0.05) is 37.2 Å². The number of anilines is 1. The fourth-order valence-corrected chi connectivity index (χ4v) is 4.78. The maximum Gasteiger partial charge on any atom is 0.358 e. The molecule has 0 saturated carbocycles. The van der Waals surface area contributed by atoms with Gasteiger partial charge in [0.1, 0.15) is 10.8 Å². The van der Waals surface area contributed by atoms with Gasteiger partial charge in [-0.3, -0.25) is 4.79 Å². The number of benzene rings is 1. The molecule has 9 heteroatoms. The highest BCUT2D eigenvalue weighted by atomic mass is 32.1. The zero-order chi connectivity index (χ0) is 20.9. The Labute approximate surface area is 182 Å². The Morgan fingerprint density at radius 1 is 1.07 bits per heavy atom. The summed E-state index contributed by atoms with van der Waals surface area (Å²) >= 11 is 2.95. The van der Waals surface area contributed by atoms with E-state index < -0.39 is 5.97 Å². The van der Waals surface area contributed by atoms with E-state index in [-0.39, 0.29) is 18.2 Å². The number of piperazine rings is 1. The second-order valence-corrected chi connectivity index (χ2v) is 8.46. The molecule has 1 aliphatic rings. The highest BCUT2D eigenvalue weighted by molar-refractivity contribution is 7.20. The van der Waals surface area contributed by atoms with Crippen molar-refractivity contribution in [3.63, 3.8) is 0 Å². The van der Waals surface area contributed by atoms with Crippen LogP contribution in [0.5, 0.6) is 5.75 Å². The van der Waals surface area contributed by atoms with E-state index >= 15 is 0 Å². The number of ether oxygens (including phenoxy) is 2. The smallest absolute Gasteiger partial charge is 0.358 e. The first-order chi connectivity index (χ1) is 14.6. The van der Waals surface area contributed by atoms with E-state index in [4.69, 9.17) is 9.47 Å². The Morgan fingerprint density at radius 3 is 2.50 bits per heavy atom. The molecule has 1 fully saturated rings. The Hall–Kier alpha value is -2.91. The van der Waals surface area contributed by atoms with E-state index in [0.717, 1.165) is 34.4 Å². The lowest BCUT2D eigenvalue weighted by Crippen LogP contribution is -2.49. The number of aromatic nitrogens is 1. The van der Waals surface area contributed by atoms with Crippen LogP contribution >= 0.6 is 22.7 Å². The molecule has 7 nitrogen and oxygen atoms in total. The van der Waals surface area contributed by atoms with Gasteiger partial charge in [-0.1, -0.05) is 6.07 Å². The molecule has 156 valence electrons. The van der Waals surface area contributed by atoms with Gasteiger partial charge < -0.3 is 19.3 Å². The number of carbonyl (C=O) groups is 2. The lowest BCUT2D eigenvalue weighted by atomic mass is 10.2. The summed E-state index contributed by atoms with van der Waals surface area (Å²) in [6, 6.07) is 11.8. The van der Waals surface area contributed by atoms with Crippen LogP contribution in [0.15, 0.2) is 47.2 Å². The zero-order valence-corrected chi connectivity index (χ0v) is 18.1. The van der Waals surface area contributed by atoms with Crippen LogP contribution in [-0.4, -0.2) is 61.7 Å². The van der Waals surface area contributed by atoms with Gasteiger partial charge in [-0.15, -0.1) is 22.7 Å². The summed E-state index contributed by atoms with van der Waals surface area (Å²) in [4.78, 5) is 34.0. The predicted molar refractivity (Wildman–Crippen MR) is 117 cm³/mol. The lowest BCUT2D eigenvalue weighted by Gasteiger charge is -2.36. The second kappa shape index (κ2) is 9.27. The minimum Gasteiger partial charge on any atom is -0.497 e. The number of amides is 1. The van der Waals surface area contributed by atoms with Crippen molar-refractivity contribution in [1.29, 1.82) is 0 Å². The summed E-state index contributed by atoms with van der Waals surface area (Å²) in [6.07, 6.45) is 0. The van der Waals surface area contributed by atoms with Crippen molar-refractivity contribution in [3.05, 3.63) is 52.9 Å². The molecule has 0 radical (unpaired) electrons. The first kappa shape index (κ1) is 20.4. The molecule has 3 aromatic rings. The number of hydrogen-bond acceptors (Lipinski definition) is 8. The molecular weight excluding hydrogens is 422 g/mol. The molecule has 2 aromatic heterocycles. The van der Waals surface area contributed by atoms with Gasteiger partial charge in [-0.05, 0) is 35.7 Å².